The Bertz CT molecular complexity index is 875. The number of benzene rings is 2. The monoisotopic (exact) mass is 378 g/mol. The van der Waals surface area contributed by atoms with Crippen molar-refractivity contribution in [1.82, 2.24) is 4.31 Å². The van der Waals surface area contributed by atoms with Gasteiger partial charge in [0, 0.05) is 19.2 Å². The third kappa shape index (κ3) is 4.20. The summed E-state index contributed by atoms with van der Waals surface area (Å²) < 4.78 is 32.0. The van der Waals surface area contributed by atoms with Gasteiger partial charge in [0.2, 0.25) is 15.8 Å². The molecular weight excluding hydrogens is 356 g/mol. The number of aryl methyl sites for hydroxylation is 1. The zero-order valence-electron chi connectivity index (χ0n) is 15.0. The summed E-state index contributed by atoms with van der Waals surface area (Å²) in [4.78, 5) is 10.7. The van der Waals surface area contributed by atoms with Crippen molar-refractivity contribution in [2.45, 2.75) is 32.1 Å². The highest BCUT2D eigenvalue weighted by atomic mass is 32.2. The van der Waals surface area contributed by atoms with Crippen LogP contribution in [0.15, 0.2) is 47.4 Å². The van der Waals surface area contributed by atoms with Crippen molar-refractivity contribution in [3.05, 3.63) is 58.1 Å². The van der Waals surface area contributed by atoms with Crippen molar-refractivity contribution in [3.8, 4) is 11.5 Å². The molecule has 8 heteroatoms. The quantitative estimate of drug-likeness (QED) is 0.512. The molecule has 2 rings (SSSR count). The Morgan fingerprint density at radius 1 is 1.04 bits per heavy atom. The van der Waals surface area contributed by atoms with Gasteiger partial charge >= 0.3 is 5.69 Å². The number of nitrogens with zero attached hydrogens (tertiary/aromatic N) is 2. The Hall–Kier alpha value is -2.45. The lowest BCUT2D eigenvalue weighted by molar-refractivity contribution is -0.385. The summed E-state index contributed by atoms with van der Waals surface area (Å²) in [5, 5.41) is 11.4. The zero-order chi connectivity index (χ0) is 19.3. The molecule has 0 aromatic heterocycles. The van der Waals surface area contributed by atoms with Crippen LogP contribution in [0, 0.1) is 10.1 Å². The molecule has 0 fully saturated rings. The maximum absolute atomic E-state index is 12.6. The van der Waals surface area contributed by atoms with Crippen LogP contribution in [0.25, 0.3) is 0 Å². The molecule has 0 bridgehead atoms. The number of hydrogen-bond donors (Lipinski definition) is 0. The molecular formula is C18H22N2O5S. The molecule has 0 radical (unpaired) electrons. The van der Waals surface area contributed by atoms with Crippen LogP contribution in [0.4, 0.5) is 5.69 Å². The first-order valence-electron chi connectivity index (χ1n) is 8.38. The lowest BCUT2D eigenvalue weighted by Crippen LogP contribution is -2.30. The van der Waals surface area contributed by atoms with Gasteiger partial charge in [0.05, 0.1) is 9.82 Å². The number of nitro groups is 1. The summed E-state index contributed by atoms with van der Waals surface area (Å²) in [7, 11) is -3.78. The van der Waals surface area contributed by atoms with E-state index in [4.69, 9.17) is 4.74 Å². The molecule has 0 amide bonds. The van der Waals surface area contributed by atoms with Gasteiger partial charge < -0.3 is 4.74 Å². The van der Waals surface area contributed by atoms with Crippen LogP contribution in [-0.2, 0) is 16.4 Å². The minimum absolute atomic E-state index is 0.00209. The van der Waals surface area contributed by atoms with Gasteiger partial charge in [0.1, 0.15) is 5.75 Å². The molecule has 2 aromatic rings. The zero-order valence-corrected chi connectivity index (χ0v) is 15.8. The Morgan fingerprint density at radius 3 is 2.15 bits per heavy atom. The van der Waals surface area contributed by atoms with Gasteiger partial charge in [-0.25, -0.2) is 8.42 Å². The number of hydrogen-bond acceptors (Lipinski definition) is 5. The van der Waals surface area contributed by atoms with Crippen molar-refractivity contribution >= 4 is 15.7 Å². The van der Waals surface area contributed by atoms with Gasteiger partial charge in [0.25, 0.3) is 0 Å². The maximum atomic E-state index is 12.6. The molecule has 0 saturated heterocycles. The Morgan fingerprint density at radius 2 is 1.65 bits per heavy atom. The average Bonchev–Trinajstić information content (AvgIpc) is 2.63. The van der Waals surface area contributed by atoms with Crippen molar-refractivity contribution in [3.63, 3.8) is 0 Å². The molecule has 0 heterocycles. The number of sulfonamides is 1. The molecule has 140 valence electrons. The van der Waals surface area contributed by atoms with E-state index in [2.05, 4.69) is 0 Å². The van der Waals surface area contributed by atoms with Gasteiger partial charge in [0.15, 0.2) is 0 Å². The first kappa shape index (κ1) is 19.9. The van der Waals surface area contributed by atoms with E-state index in [1.807, 2.05) is 19.1 Å². The molecule has 0 atom stereocenters. The number of ether oxygens (including phenoxy) is 1. The summed E-state index contributed by atoms with van der Waals surface area (Å²) in [6.45, 7) is 6.03. The smallest absolute Gasteiger partial charge is 0.312 e. The van der Waals surface area contributed by atoms with E-state index in [1.54, 1.807) is 26.0 Å². The van der Waals surface area contributed by atoms with Gasteiger partial charge in [-0.1, -0.05) is 32.9 Å². The topological polar surface area (TPSA) is 89.8 Å². The maximum Gasteiger partial charge on any atom is 0.312 e. The predicted octanol–water partition coefficient (Wildman–Crippen LogP) is 3.98. The normalized spacial score (nSPS) is 11.5. The average molecular weight is 378 g/mol. The summed E-state index contributed by atoms with van der Waals surface area (Å²) in [6, 6.07) is 10.9. The van der Waals surface area contributed by atoms with E-state index in [0.29, 0.717) is 5.75 Å². The van der Waals surface area contributed by atoms with Crippen molar-refractivity contribution in [1.29, 1.82) is 0 Å². The number of nitro benzene ring substituents is 1. The molecule has 7 nitrogen and oxygen atoms in total. The fraction of sp³-hybridized carbons (Fsp3) is 0.333. The molecule has 0 unspecified atom stereocenters. The fourth-order valence-corrected chi connectivity index (χ4v) is 4.00. The van der Waals surface area contributed by atoms with Crippen LogP contribution in [0.5, 0.6) is 11.5 Å². The molecule has 2 aromatic carbocycles. The second-order valence-corrected chi connectivity index (χ2v) is 7.51. The van der Waals surface area contributed by atoms with Crippen LogP contribution < -0.4 is 4.74 Å². The van der Waals surface area contributed by atoms with E-state index < -0.39 is 20.6 Å². The third-order valence-electron chi connectivity index (χ3n) is 4.03. The molecule has 0 aliphatic carbocycles. The first-order chi connectivity index (χ1) is 12.3. The molecule has 26 heavy (non-hydrogen) atoms. The van der Waals surface area contributed by atoms with Gasteiger partial charge in [-0.05, 0) is 36.2 Å². The molecule has 0 N–H and O–H groups in total. The van der Waals surface area contributed by atoms with Gasteiger partial charge in [-0.15, -0.1) is 0 Å². The van der Waals surface area contributed by atoms with E-state index in [0.717, 1.165) is 18.1 Å². The summed E-state index contributed by atoms with van der Waals surface area (Å²) in [5.74, 6) is 0.447. The molecule has 0 saturated carbocycles. The van der Waals surface area contributed by atoms with E-state index in [9.17, 15) is 18.5 Å². The van der Waals surface area contributed by atoms with Crippen LogP contribution in [-0.4, -0.2) is 30.7 Å². The van der Waals surface area contributed by atoms with Gasteiger partial charge in [-0.2, -0.15) is 4.31 Å². The third-order valence-corrected chi connectivity index (χ3v) is 6.08. The van der Waals surface area contributed by atoms with Gasteiger partial charge in [-0.3, -0.25) is 10.1 Å². The standard InChI is InChI=1S/C18H22N2O5S/c1-4-14-7-9-15(10-8-14)25-18-12-11-16(13-17(18)20(21)22)26(23,24)19(5-2)6-3/h7-13H,4-6H2,1-3H3. The minimum atomic E-state index is -3.78. The molecule has 0 spiro atoms. The first-order valence-corrected chi connectivity index (χ1v) is 9.82. The molecule has 0 aliphatic rings. The summed E-state index contributed by atoms with van der Waals surface area (Å²) in [6.07, 6.45) is 0.873. The highest BCUT2D eigenvalue weighted by Crippen LogP contribution is 2.34. The minimum Gasteiger partial charge on any atom is -0.450 e. The predicted molar refractivity (Wildman–Crippen MR) is 99.1 cm³/mol. The van der Waals surface area contributed by atoms with E-state index >= 15 is 0 Å². The van der Waals surface area contributed by atoms with Crippen molar-refractivity contribution < 1.29 is 18.1 Å². The van der Waals surface area contributed by atoms with Crippen LogP contribution in [0.1, 0.15) is 26.3 Å². The Labute approximate surface area is 153 Å². The highest BCUT2D eigenvalue weighted by molar-refractivity contribution is 7.89. The van der Waals surface area contributed by atoms with Crippen molar-refractivity contribution in [2.75, 3.05) is 13.1 Å². The van der Waals surface area contributed by atoms with Crippen molar-refractivity contribution in [2.24, 2.45) is 0 Å². The largest absolute Gasteiger partial charge is 0.450 e. The van der Waals surface area contributed by atoms with E-state index in [1.165, 1.54) is 16.4 Å². The lowest BCUT2D eigenvalue weighted by Gasteiger charge is -2.18. The van der Waals surface area contributed by atoms with Crippen LogP contribution in [0.2, 0.25) is 0 Å². The lowest BCUT2D eigenvalue weighted by atomic mass is 10.2. The highest BCUT2D eigenvalue weighted by Gasteiger charge is 2.26. The van der Waals surface area contributed by atoms with Crippen LogP contribution >= 0.6 is 0 Å². The molecule has 0 aliphatic heterocycles. The number of rotatable bonds is 8. The second-order valence-electron chi connectivity index (χ2n) is 5.58. The van der Waals surface area contributed by atoms with Crippen LogP contribution in [0.3, 0.4) is 0 Å². The Kier molecular flexibility index (Phi) is 6.33. The second kappa shape index (κ2) is 8.29. The van der Waals surface area contributed by atoms with E-state index in [-0.39, 0.29) is 23.7 Å². The summed E-state index contributed by atoms with van der Waals surface area (Å²) >= 11 is 0. The summed E-state index contributed by atoms with van der Waals surface area (Å²) in [5.41, 5.74) is 0.727. The SMILES string of the molecule is CCc1ccc(Oc2ccc(S(=O)(=O)N(CC)CC)cc2[N+](=O)[O-])cc1. The Balaban J connectivity index is 2.41. The fourth-order valence-electron chi connectivity index (χ4n) is 2.52.